The molecule has 0 aromatic heterocycles. The summed E-state index contributed by atoms with van der Waals surface area (Å²) in [6, 6.07) is 9.45. The molecule has 0 aliphatic carbocycles. The second-order valence-electron chi connectivity index (χ2n) is 7.21. The van der Waals surface area contributed by atoms with Gasteiger partial charge in [-0.1, -0.05) is 24.3 Å². The molecule has 1 saturated heterocycles. The van der Waals surface area contributed by atoms with Crippen molar-refractivity contribution in [1.82, 2.24) is 0 Å². The summed E-state index contributed by atoms with van der Waals surface area (Å²) >= 11 is 0. The number of para-hydroxylation sites is 1. The van der Waals surface area contributed by atoms with Crippen LogP contribution in [0.25, 0.3) is 0 Å². The third-order valence-electron chi connectivity index (χ3n) is 5.28. The number of rotatable bonds is 5. The van der Waals surface area contributed by atoms with Crippen molar-refractivity contribution in [3.8, 4) is 0 Å². The highest BCUT2D eigenvalue weighted by Crippen LogP contribution is 2.48. The van der Waals surface area contributed by atoms with Gasteiger partial charge in [-0.2, -0.15) is 0 Å². The molecule has 0 N–H and O–H groups in total. The lowest BCUT2D eigenvalue weighted by molar-refractivity contribution is -0.240. The lowest BCUT2D eigenvalue weighted by atomic mass is 9.73. The smallest absolute Gasteiger partial charge is 0.314 e. The number of hydrogen-bond acceptors (Lipinski definition) is 8. The van der Waals surface area contributed by atoms with E-state index in [1.807, 2.05) is 47.5 Å². The highest BCUT2D eigenvalue weighted by molar-refractivity contribution is 5.77. The second kappa shape index (κ2) is 8.24. The molecule has 0 amide bonds. The van der Waals surface area contributed by atoms with Crippen LogP contribution in [0.3, 0.4) is 0 Å². The molecular weight excluding hydrogens is 378 g/mol. The zero-order chi connectivity index (χ0) is 21.2. The van der Waals surface area contributed by atoms with E-state index in [0.29, 0.717) is 0 Å². The third-order valence-corrected chi connectivity index (χ3v) is 5.28. The third kappa shape index (κ3) is 3.98. The molecule has 8 nitrogen and oxygen atoms in total. The summed E-state index contributed by atoms with van der Waals surface area (Å²) in [6.45, 7) is 4.25. The Kier molecular flexibility index (Phi) is 5.93. The minimum atomic E-state index is -1.14. The number of nitrogens with zero attached hydrogens (tertiary/aromatic N) is 1. The number of methoxy groups -OCH3 is 1. The molecule has 8 heteroatoms. The summed E-state index contributed by atoms with van der Waals surface area (Å²) in [5, 5.41) is 0. The molecule has 1 aromatic rings. The van der Waals surface area contributed by atoms with Gasteiger partial charge in [0.2, 0.25) is 0 Å². The molecule has 2 aliphatic heterocycles. The first kappa shape index (κ1) is 20.9. The molecule has 29 heavy (non-hydrogen) atoms. The van der Waals surface area contributed by atoms with E-state index in [9.17, 15) is 14.4 Å². The standard InChI is InChI=1S/C21H25NO7/c1-13(23)27-12-17-19(28-14(2)24)16-10-11-22(15-8-6-5-7-9-15)21(3,29-17)18(16)20(25)26-4/h5-11,16-19H,12H2,1-4H3. The van der Waals surface area contributed by atoms with E-state index in [2.05, 4.69) is 0 Å². The van der Waals surface area contributed by atoms with Crippen LogP contribution in [-0.4, -0.2) is 49.6 Å². The normalized spacial score (nSPS) is 30.4. The minimum Gasteiger partial charge on any atom is -0.469 e. The fourth-order valence-electron chi connectivity index (χ4n) is 4.11. The summed E-state index contributed by atoms with van der Waals surface area (Å²) in [5.41, 5.74) is -0.328. The molecule has 0 spiro atoms. The molecular formula is C21H25NO7. The number of fused-ring (bicyclic) bond motifs is 2. The van der Waals surface area contributed by atoms with Crippen molar-refractivity contribution in [2.24, 2.45) is 11.8 Å². The molecule has 1 fully saturated rings. The summed E-state index contributed by atoms with van der Waals surface area (Å²) in [4.78, 5) is 37.7. The summed E-state index contributed by atoms with van der Waals surface area (Å²) in [7, 11) is 1.31. The lowest BCUT2D eigenvalue weighted by Crippen LogP contribution is -2.68. The predicted octanol–water partition coefficient (Wildman–Crippen LogP) is 2.04. The van der Waals surface area contributed by atoms with E-state index in [-0.39, 0.29) is 6.61 Å². The molecule has 5 atom stereocenters. The van der Waals surface area contributed by atoms with Gasteiger partial charge in [0.15, 0.2) is 5.72 Å². The van der Waals surface area contributed by atoms with E-state index in [1.165, 1.54) is 21.0 Å². The van der Waals surface area contributed by atoms with Crippen LogP contribution in [0, 0.1) is 11.8 Å². The average Bonchev–Trinajstić information content (AvgIpc) is 2.68. The van der Waals surface area contributed by atoms with Gasteiger partial charge >= 0.3 is 17.9 Å². The Hall–Kier alpha value is -2.87. The van der Waals surface area contributed by atoms with Gasteiger partial charge in [-0.05, 0) is 19.1 Å². The van der Waals surface area contributed by atoms with Crippen LogP contribution in [0.15, 0.2) is 42.6 Å². The number of anilines is 1. The van der Waals surface area contributed by atoms with E-state index in [4.69, 9.17) is 18.9 Å². The molecule has 2 bridgehead atoms. The Morgan fingerprint density at radius 3 is 2.41 bits per heavy atom. The Bertz CT molecular complexity index is 809. The van der Waals surface area contributed by atoms with Crippen LogP contribution < -0.4 is 4.90 Å². The largest absolute Gasteiger partial charge is 0.469 e. The van der Waals surface area contributed by atoms with Gasteiger partial charge in [-0.3, -0.25) is 14.4 Å². The fourth-order valence-corrected chi connectivity index (χ4v) is 4.11. The van der Waals surface area contributed by atoms with Gasteiger partial charge in [-0.25, -0.2) is 0 Å². The van der Waals surface area contributed by atoms with Crippen molar-refractivity contribution in [1.29, 1.82) is 0 Å². The molecule has 2 aliphatic rings. The average molecular weight is 403 g/mol. The summed E-state index contributed by atoms with van der Waals surface area (Å²) in [5.74, 6) is -2.75. The fraction of sp³-hybridized carbons (Fsp3) is 0.476. The van der Waals surface area contributed by atoms with Crippen molar-refractivity contribution in [2.75, 3.05) is 18.6 Å². The maximum atomic E-state index is 12.8. The van der Waals surface area contributed by atoms with Crippen LogP contribution in [-0.2, 0) is 33.3 Å². The first-order valence-corrected chi connectivity index (χ1v) is 9.37. The van der Waals surface area contributed by atoms with Gasteiger partial charge in [0.1, 0.15) is 24.7 Å². The van der Waals surface area contributed by atoms with Gasteiger partial charge in [0, 0.05) is 31.7 Å². The van der Waals surface area contributed by atoms with Crippen LogP contribution in [0.1, 0.15) is 20.8 Å². The lowest BCUT2D eigenvalue weighted by Gasteiger charge is -2.56. The predicted molar refractivity (Wildman–Crippen MR) is 103 cm³/mol. The second-order valence-corrected chi connectivity index (χ2v) is 7.21. The Morgan fingerprint density at radius 1 is 1.14 bits per heavy atom. The molecule has 156 valence electrons. The molecule has 2 heterocycles. The van der Waals surface area contributed by atoms with Crippen LogP contribution in [0.2, 0.25) is 0 Å². The minimum absolute atomic E-state index is 0.107. The first-order chi connectivity index (χ1) is 13.8. The SMILES string of the molecule is COC(=O)C1C2C=CN(c3ccccc3)C1(C)OC(COC(C)=O)C2OC(C)=O. The maximum absolute atomic E-state index is 12.8. The maximum Gasteiger partial charge on any atom is 0.314 e. The van der Waals surface area contributed by atoms with Crippen molar-refractivity contribution >= 4 is 23.6 Å². The van der Waals surface area contributed by atoms with Crippen molar-refractivity contribution in [3.05, 3.63) is 42.6 Å². The quantitative estimate of drug-likeness (QED) is 0.545. The highest BCUT2D eigenvalue weighted by Gasteiger charge is 2.60. The summed E-state index contributed by atoms with van der Waals surface area (Å²) < 4.78 is 22.0. The van der Waals surface area contributed by atoms with Gasteiger partial charge in [0.25, 0.3) is 0 Å². The molecule has 0 saturated carbocycles. The zero-order valence-electron chi connectivity index (χ0n) is 16.9. The monoisotopic (exact) mass is 403 g/mol. The van der Waals surface area contributed by atoms with E-state index in [1.54, 1.807) is 6.92 Å². The van der Waals surface area contributed by atoms with Gasteiger partial charge < -0.3 is 23.8 Å². The van der Waals surface area contributed by atoms with Gasteiger partial charge in [-0.15, -0.1) is 0 Å². The molecule has 0 radical (unpaired) electrons. The Balaban J connectivity index is 2.07. The van der Waals surface area contributed by atoms with Crippen LogP contribution in [0.5, 0.6) is 0 Å². The van der Waals surface area contributed by atoms with Crippen molar-refractivity contribution in [2.45, 2.75) is 38.7 Å². The first-order valence-electron chi connectivity index (χ1n) is 9.37. The number of esters is 3. The number of ether oxygens (including phenoxy) is 4. The molecule has 5 unspecified atom stereocenters. The molecule has 1 aromatic carbocycles. The zero-order valence-corrected chi connectivity index (χ0v) is 16.9. The van der Waals surface area contributed by atoms with Crippen LogP contribution >= 0.6 is 0 Å². The number of hydrogen-bond donors (Lipinski definition) is 0. The Morgan fingerprint density at radius 2 is 1.83 bits per heavy atom. The van der Waals surface area contributed by atoms with E-state index in [0.717, 1.165) is 5.69 Å². The number of benzene rings is 1. The van der Waals surface area contributed by atoms with Gasteiger partial charge in [0.05, 0.1) is 7.11 Å². The number of carbonyl (C=O) groups excluding carboxylic acids is 3. The highest BCUT2D eigenvalue weighted by atomic mass is 16.6. The van der Waals surface area contributed by atoms with Crippen LogP contribution in [0.4, 0.5) is 5.69 Å². The topological polar surface area (TPSA) is 91.4 Å². The number of carbonyl (C=O) groups is 3. The van der Waals surface area contributed by atoms with Crippen molar-refractivity contribution in [3.63, 3.8) is 0 Å². The van der Waals surface area contributed by atoms with E-state index < -0.39 is 47.7 Å². The molecule has 3 rings (SSSR count). The summed E-state index contributed by atoms with van der Waals surface area (Å²) in [6.07, 6.45) is 2.07. The Labute approximate surface area is 169 Å². The van der Waals surface area contributed by atoms with Crippen molar-refractivity contribution < 1.29 is 33.3 Å². The van der Waals surface area contributed by atoms with E-state index >= 15 is 0 Å².